The van der Waals surface area contributed by atoms with Gasteiger partial charge in [-0.25, -0.2) is 0 Å². The number of nitrogens with one attached hydrogen (secondary N) is 1. The van der Waals surface area contributed by atoms with Crippen LogP contribution in [0.5, 0.6) is 0 Å². The van der Waals surface area contributed by atoms with Crippen LogP contribution in [-0.2, 0) is 0 Å². The highest BCUT2D eigenvalue weighted by atomic mass is 32.2. The number of benzene rings is 1. The maximum atomic E-state index is 3.55. The summed E-state index contributed by atoms with van der Waals surface area (Å²) < 4.78 is 0.492. The Hall–Kier alpha value is -0.470. The summed E-state index contributed by atoms with van der Waals surface area (Å²) in [5, 5.41) is 3.55. The molecular weight excluding hydrogens is 202 g/mol. The van der Waals surface area contributed by atoms with Crippen LogP contribution in [0.3, 0.4) is 0 Å². The van der Waals surface area contributed by atoms with Gasteiger partial charge in [-0.2, -0.15) is 0 Å². The molecule has 1 nitrogen and oxygen atoms in total. The molecule has 0 atom stereocenters. The molecule has 0 aliphatic heterocycles. The summed E-state index contributed by atoms with van der Waals surface area (Å²) in [5.74, 6) is 0. The van der Waals surface area contributed by atoms with Crippen LogP contribution in [0.25, 0.3) is 0 Å². The highest BCUT2D eigenvalue weighted by Crippen LogP contribution is 2.51. The Morgan fingerprint density at radius 3 is 2.47 bits per heavy atom. The molecule has 82 valence electrons. The number of thioether (sulfide) groups is 1. The van der Waals surface area contributed by atoms with Crippen molar-refractivity contribution < 1.29 is 0 Å². The summed E-state index contributed by atoms with van der Waals surface area (Å²) in [4.78, 5) is 1.40. The Bertz CT molecular complexity index is 304. The molecule has 1 aromatic carbocycles. The molecule has 2 rings (SSSR count). The first kappa shape index (κ1) is 11.0. The van der Waals surface area contributed by atoms with Crippen molar-refractivity contribution >= 4 is 11.8 Å². The van der Waals surface area contributed by atoms with Crippen molar-refractivity contribution in [3.8, 4) is 0 Å². The zero-order chi connectivity index (χ0) is 10.7. The molecule has 0 amide bonds. The lowest BCUT2D eigenvalue weighted by Gasteiger charge is -2.17. The van der Waals surface area contributed by atoms with E-state index in [0.717, 1.165) is 6.54 Å². The van der Waals surface area contributed by atoms with Crippen LogP contribution in [-0.4, -0.2) is 17.3 Å². The fourth-order valence-electron chi connectivity index (χ4n) is 1.58. The van der Waals surface area contributed by atoms with Gasteiger partial charge >= 0.3 is 0 Å². The van der Waals surface area contributed by atoms with Crippen LogP contribution < -0.4 is 5.32 Å². The average Bonchev–Trinajstić information content (AvgIpc) is 2.97. The van der Waals surface area contributed by atoms with E-state index in [1.165, 1.54) is 17.7 Å². The molecule has 0 saturated heterocycles. The van der Waals surface area contributed by atoms with Crippen molar-refractivity contribution in [2.24, 2.45) is 0 Å². The molecular formula is C13H19NS. The maximum absolute atomic E-state index is 3.55. The van der Waals surface area contributed by atoms with E-state index in [0.29, 0.717) is 10.8 Å². The standard InChI is InChI=1S/C13H19NS/c1-11(2)14-10-13(8-9-13)15-12-6-4-3-5-7-12/h3-7,11,14H,8-10H2,1-2H3. The van der Waals surface area contributed by atoms with E-state index >= 15 is 0 Å². The Balaban J connectivity index is 1.89. The van der Waals surface area contributed by atoms with Crippen LogP contribution in [0.15, 0.2) is 35.2 Å². The Morgan fingerprint density at radius 1 is 1.27 bits per heavy atom. The molecule has 1 saturated carbocycles. The summed E-state index contributed by atoms with van der Waals surface area (Å²) in [7, 11) is 0. The Morgan fingerprint density at radius 2 is 1.93 bits per heavy atom. The number of hydrogen-bond donors (Lipinski definition) is 1. The largest absolute Gasteiger partial charge is 0.313 e. The second kappa shape index (κ2) is 4.58. The number of hydrogen-bond acceptors (Lipinski definition) is 2. The van der Waals surface area contributed by atoms with E-state index in [1.807, 2.05) is 11.8 Å². The molecule has 0 unspecified atom stereocenters. The van der Waals surface area contributed by atoms with Gasteiger partial charge in [-0.05, 0) is 25.0 Å². The van der Waals surface area contributed by atoms with Crippen molar-refractivity contribution in [3.63, 3.8) is 0 Å². The van der Waals surface area contributed by atoms with Gasteiger partial charge in [0.25, 0.3) is 0 Å². The molecule has 15 heavy (non-hydrogen) atoms. The lowest BCUT2D eigenvalue weighted by atomic mass is 10.3. The van der Waals surface area contributed by atoms with E-state index in [-0.39, 0.29) is 0 Å². The average molecular weight is 221 g/mol. The SMILES string of the molecule is CC(C)NCC1(Sc2ccccc2)CC1. The molecule has 0 heterocycles. The van der Waals surface area contributed by atoms with E-state index in [9.17, 15) is 0 Å². The van der Waals surface area contributed by atoms with Crippen LogP contribution >= 0.6 is 11.8 Å². The second-order valence-electron chi connectivity index (χ2n) is 4.63. The maximum Gasteiger partial charge on any atom is 0.0332 e. The first-order valence-corrected chi connectivity index (χ1v) is 6.49. The molecule has 1 N–H and O–H groups in total. The third-order valence-corrected chi connectivity index (χ3v) is 4.21. The number of rotatable bonds is 5. The van der Waals surface area contributed by atoms with Crippen molar-refractivity contribution in [2.75, 3.05) is 6.54 Å². The summed E-state index contributed by atoms with van der Waals surface area (Å²) in [5.41, 5.74) is 0. The van der Waals surface area contributed by atoms with E-state index < -0.39 is 0 Å². The summed E-state index contributed by atoms with van der Waals surface area (Å²) in [6.45, 7) is 5.57. The topological polar surface area (TPSA) is 12.0 Å². The van der Waals surface area contributed by atoms with Gasteiger partial charge in [0.2, 0.25) is 0 Å². The molecule has 0 spiro atoms. The molecule has 1 aliphatic carbocycles. The second-order valence-corrected chi connectivity index (χ2v) is 6.18. The highest BCUT2D eigenvalue weighted by molar-refractivity contribution is 8.01. The van der Waals surface area contributed by atoms with E-state index in [2.05, 4.69) is 49.5 Å². The van der Waals surface area contributed by atoms with Crippen molar-refractivity contribution in [3.05, 3.63) is 30.3 Å². The van der Waals surface area contributed by atoms with Crippen LogP contribution in [0, 0.1) is 0 Å². The molecule has 0 radical (unpaired) electrons. The van der Waals surface area contributed by atoms with Gasteiger partial charge in [0, 0.05) is 22.2 Å². The normalized spacial score (nSPS) is 18.1. The van der Waals surface area contributed by atoms with Crippen molar-refractivity contribution in [2.45, 2.75) is 42.4 Å². The predicted octanol–water partition coefficient (Wildman–Crippen LogP) is 3.31. The molecule has 0 bridgehead atoms. The predicted molar refractivity (Wildman–Crippen MR) is 67.4 cm³/mol. The zero-order valence-electron chi connectivity index (χ0n) is 9.49. The molecule has 1 aliphatic rings. The van der Waals surface area contributed by atoms with E-state index in [1.54, 1.807) is 0 Å². The minimum absolute atomic E-state index is 0.492. The fraction of sp³-hybridized carbons (Fsp3) is 0.538. The Kier molecular flexibility index (Phi) is 3.37. The lowest BCUT2D eigenvalue weighted by molar-refractivity contribution is 0.576. The first-order chi connectivity index (χ1) is 7.20. The van der Waals surface area contributed by atoms with Crippen molar-refractivity contribution in [1.82, 2.24) is 5.32 Å². The highest BCUT2D eigenvalue weighted by Gasteiger charge is 2.43. The minimum atomic E-state index is 0.492. The van der Waals surface area contributed by atoms with Gasteiger partial charge < -0.3 is 5.32 Å². The van der Waals surface area contributed by atoms with Crippen LogP contribution in [0.4, 0.5) is 0 Å². The van der Waals surface area contributed by atoms with Gasteiger partial charge in [0.15, 0.2) is 0 Å². The quantitative estimate of drug-likeness (QED) is 0.818. The Labute approximate surface area is 96.7 Å². The van der Waals surface area contributed by atoms with Gasteiger partial charge in [-0.3, -0.25) is 0 Å². The van der Waals surface area contributed by atoms with Gasteiger partial charge in [0.05, 0.1) is 0 Å². The van der Waals surface area contributed by atoms with Crippen LogP contribution in [0.2, 0.25) is 0 Å². The summed E-state index contributed by atoms with van der Waals surface area (Å²) in [6.07, 6.45) is 2.71. The monoisotopic (exact) mass is 221 g/mol. The fourth-order valence-corrected chi connectivity index (χ4v) is 2.84. The molecule has 2 heteroatoms. The van der Waals surface area contributed by atoms with Crippen molar-refractivity contribution in [1.29, 1.82) is 0 Å². The first-order valence-electron chi connectivity index (χ1n) is 5.68. The molecule has 1 aromatic rings. The lowest BCUT2D eigenvalue weighted by Crippen LogP contribution is -2.31. The molecule has 1 fully saturated rings. The zero-order valence-corrected chi connectivity index (χ0v) is 10.3. The summed E-state index contributed by atoms with van der Waals surface area (Å²) in [6, 6.07) is 11.3. The van der Waals surface area contributed by atoms with Gasteiger partial charge in [-0.15, -0.1) is 11.8 Å². The molecule has 0 aromatic heterocycles. The van der Waals surface area contributed by atoms with Crippen LogP contribution in [0.1, 0.15) is 26.7 Å². The smallest absolute Gasteiger partial charge is 0.0332 e. The minimum Gasteiger partial charge on any atom is -0.313 e. The third kappa shape index (κ3) is 3.25. The van der Waals surface area contributed by atoms with Gasteiger partial charge in [-0.1, -0.05) is 32.0 Å². The third-order valence-electron chi connectivity index (χ3n) is 2.72. The summed E-state index contributed by atoms with van der Waals surface area (Å²) >= 11 is 2.04. The van der Waals surface area contributed by atoms with Gasteiger partial charge in [0.1, 0.15) is 0 Å². The van der Waals surface area contributed by atoms with E-state index in [4.69, 9.17) is 0 Å².